The average Bonchev–Trinajstić information content (AvgIpc) is 2.94. The van der Waals surface area contributed by atoms with Crippen molar-refractivity contribution in [2.24, 2.45) is 0 Å². The highest BCUT2D eigenvalue weighted by molar-refractivity contribution is 6.31. The Kier molecular flexibility index (Phi) is 12.3. The van der Waals surface area contributed by atoms with E-state index in [0.717, 1.165) is 50.3 Å². The van der Waals surface area contributed by atoms with E-state index in [0.29, 0.717) is 19.8 Å². The molecule has 1 heterocycles. The second-order valence-corrected chi connectivity index (χ2v) is 9.52. The predicted molar refractivity (Wildman–Crippen MR) is 158 cm³/mol. The molecule has 3 rings (SSSR count). The van der Waals surface area contributed by atoms with Crippen molar-refractivity contribution in [2.75, 3.05) is 51.4 Å². The molecular weight excluding hydrogens is 532 g/mol. The van der Waals surface area contributed by atoms with E-state index >= 15 is 0 Å². The molecule has 0 fully saturated rings. The minimum absolute atomic E-state index is 0.0635. The fourth-order valence-electron chi connectivity index (χ4n) is 3.72. The van der Waals surface area contributed by atoms with Gasteiger partial charge >= 0.3 is 0 Å². The highest BCUT2D eigenvalue weighted by Gasteiger charge is 2.17. The highest BCUT2D eigenvalue weighted by Crippen LogP contribution is 2.17. The number of hydrogen-bond acceptors (Lipinski definition) is 9. The number of rotatable bonds is 15. The first-order valence-corrected chi connectivity index (χ1v) is 13.5. The van der Waals surface area contributed by atoms with Crippen molar-refractivity contribution in [1.82, 2.24) is 25.5 Å². The van der Waals surface area contributed by atoms with Crippen LogP contribution in [-0.2, 0) is 6.42 Å². The molecule has 1 aromatic heterocycles. The number of nitrogen functional groups attached to an aromatic ring is 2. The molecular formula is C28H37ClN8O3. The number of hydrogen-bond donors (Lipinski definition) is 5. The number of guanidine groups is 1. The molecule has 214 valence electrons. The zero-order chi connectivity index (χ0) is 28.7. The SMILES string of the molecule is CN(CCCOc1ccccc1)CCOc1ccc(CCCCNC(=N)NC(=O)c2nc(Cl)c(N)nc2N)cc1. The lowest BCUT2D eigenvalue weighted by Gasteiger charge is -2.17. The number of benzene rings is 2. The number of nitrogens with one attached hydrogen (secondary N) is 3. The van der Waals surface area contributed by atoms with Crippen LogP contribution in [0.3, 0.4) is 0 Å². The van der Waals surface area contributed by atoms with Gasteiger partial charge in [-0.25, -0.2) is 9.97 Å². The standard InChI is InChI=1S/C28H37ClN8O3/c1-37(16-7-18-39-21-9-3-2-4-10-21)17-19-40-22-13-11-20(12-14-22)8-5-6-15-33-28(32)36-27(38)23-25(30)35-26(31)24(29)34-23/h2-4,9-14H,5-8,15-19H2,1H3,(H4,30,31,35)(H3,32,33,36,38). The molecule has 0 aliphatic heterocycles. The van der Waals surface area contributed by atoms with Crippen LogP contribution >= 0.6 is 11.6 Å². The van der Waals surface area contributed by atoms with Crippen molar-refractivity contribution in [2.45, 2.75) is 25.7 Å². The molecule has 7 N–H and O–H groups in total. The van der Waals surface area contributed by atoms with Gasteiger partial charge in [-0.15, -0.1) is 0 Å². The molecule has 0 aliphatic rings. The van der Waals surface area contributed by atoms with Gasteiger partial charge in [-0.05, 0) is 62.6 Å². The van der Waals surface area contributed by atoms with Crippen LogP contribution in [0.1, 0.15) is 35.3 Å². The van der Waals surface area contributed by atoms with Gasteiger partial charge in [-0.1, -0.05) is 41.9 Å². The maximum atomic E-state index is 12.2. The van der Waals surface area contributed by atoms with Crippen LogP contribution in [0.2, 0.25) is 5.15 Å². The van der Waals surface area contributed by atoms with Gasteiger partial charge in [0.05, 0.1) is 6.61 Å². The lowest BCUT2D eigenvalue weighted by atomic mass is 10.1. The summed E-state index contributed by atoms with van der Waals surface area (Å²) in [5.74, 6) is 0.684. The number of carbonyl (C=O) groups is 1. The lowest BCUT2D eigenvalue weighted by Crippen LogP contribution is -2.41. The second kappa shape index (κ2) is 16.1. The van der Waals surface area contributed by atoms with Crippen molar-refractivity contribution in [3.63, 3.8) is 0 Å². The number of ether oxygens (including phenoxy) is 2. The van der Waals surface area contributed by atoms with E-state index in [1.54, 1.807) is 0 Å². The summed E-state index contributed by atoms with van der Waals surface area (Å²) in [6, 6.07) is 18.0. The Bertz CT molecular complexity index is 1230. The largest absolute Gasteiger partial charge is 0.494 e. The van der Waals surface area contributed by atoms with Gasteiger partial charge in [-0.2, -0.15) is 0 Å². The fraction of sp³-hybridized carbons (Fsp3) is 0.357. The zero-order valence-corrected chi connectivity index (χ0v) is 23.4. The van der Waals surface area contributed by atoms with Gasteiger partial charge in [0.25, 0.3) is 5.91 Å². The van der Waals surface area contributed by atoms with Gasteiger partial charge < -0.3 is 31.2 Å². The number of amides is 1. The number of halogens is 1. The van der Waals surface area contributed by atoms with E-state index in [1.165, 1.54) is 5.56 Å². The van der Waals surface area contributed by atoms with E-state index in [1.807, 2.05) is 42.5 Å². The maximum Gasteiger partial charge on any atom is 0.280 e. The van der Waals surface area contributed by atoms with Crippen molar-refractivity contribution < 1.29 is 14.3 Å². The molecule has 40 heavy (non-hydrogen) atoms. The molecule has 0 saturated carbocycles. The molecule has 1 amide bonds. The van der Waals surface area contributed by atoms with Gasteiger partial charge in [0.15, 0.2) is 28.4 Å². The lowest BCUT2D eigenvalue weighted by molar-refractivity contribution is 0.0971. The number of nitrogens with two attached hydrogens (primary N) is 2. The first-order valence-electron chi connectivity index (χ1n) is 13.1. The van der Waals surface area contributed by atoms with Crippen LogP contribution in [0.4, 0.5) is 11.6 Å². The Hall–Kier alpha value is -4.09. The minimum atomic E-state index is -0.688. The Morgan fingerprint density at radius 1 is 0.925 bits per heavy atom. The van der Waals surface area contributed by atoms with E-state index < -0.39 is 5.91 Å². The molecule has 12 heteroatoms. The number of nitrogens with zero attached hydrogens (tertiary/aromatic N) is 3. The van der Waals surface area contributed by atoms with Crippen LogP contribution in [-0.4, -0.2) is 66.6 Å². The summed E-state index contributed by atoms with van der Waals surface area (Å²) in [5.41, 5.74) is 12.2. The third-order valence-corrected chi connectivity index (χ3v) is 6.19. The van der Waals surface area contributed by atoms with Crippen LogP contribution in [0.5, 0.6) is 11.5 Å². The van der Waals surface area contributed by atoms with Crippen LogP contribution in [0, 0.1) is 5.41 Å². The summed E-state index contributed by atoms with van der Waals surface area (Å²) in [6.07, 6.45) is 3.58. The fourth-order valence-corrected chi connectivity index (χ4v) is 3.84. The Morgan fingerprint density at radius 3 is 2.38 bits per heavy atom. The first kappa shape index (κ1) is 30.5. The summed E-state index contributed by atoms with van der Waals surface area (Å²) in [6.45, 7) is 3.61. The minimum Gasteiger partial charge on any atom is -0.494 e. The Labute approximate surface area is 239 Å². The molecule has 0 saturated heterocycles. The number of para-hydroxylation sites is 1. The van der Waals surface area contributed by atoms with Gasteiger partial charge in [0.2, 0.25) is 0 Å². The predicted octanol–water partition coefficient (Wildman–Crippen LogP) is 3.35. The number of unbranched alkanes of at least 4 members (excludes halogenated alkanes) is 1. The van der Waals surface area contributed by atoms with Crippen molar-refractivity contribution in [3.8, 4) is 11.5 Å². The molecule has 0 aliphatic carbocycles. The molecule has 2 aromatic carbocycles. The highest BCUT2D eigenvalue weighted by atomic mass is 35.5. The number of carbonyl (C=O) groups excluding carboxylic acids is 1. The molecule has 0 atom stereocenters. The number of likely N-dealkylation sites (N-methyl/N-ethyl adjacent to an activating group) is 1. The summed E-state index contributed by atoms with van der Waals surface area (Å²) in [5, 5.41) is 13.0. The van der Waals surface area contributed by atoms with Gasteiger partial charge in [-0.3, -0.25) is 15.5 Å². The summed E-state index contributed by atoms with van der Waals surface area (Å²) in [4.78, 5) is 22.1. The van der Waals surface area contributed by atoms with Gasteiger partial charge in [0.1, 0.15) is 18.1 Å². The van der Waals surface area contributed by atoms with E-state index in [9.17, 15) is 4.79 Å². The topological polar surface area (TPSA) is 165 Å². The Balaban J connectivity index is 1.23. The first-order chi connectivity index (χ1) is 19.3. The molecule has 3 aromatic rings. The molecule has 0 radical (unpaired) electrons. The third-order valence-electron chi connectivity index (χ3n) is 5.91. The smallest absolute Gasteiger partial charge is 0.280 e. The monoisotopic (exact) mass is 568 g/mol. The molecule has 0 unspecified atom stereocenters. The molecule has 0 bridgehead atoms. The van der Waals surface area contributed by atoms with E-state index in [2.05, 4.69) is 44.7 Å². The normalized spacial score (nSPS) is 10.8. The number of aromatic nitrogens is 2. The van der Waals surface area contributed by atoms with E-state index in [-0.39, 0.29) is 28.4 Å². The zero-order valence-electron chi connectivity index (χ0n) is 22.7. The average molecular weight is 569 g/mol. The van der Waals surface area contributed by atoms with Crippen molar-refractivity contribution in [3.05, 3.63) is 71.0 Å². The third kappa shape index (κ3) is 10.6. The van der Waals surface area contributed by atoms with Crippen LogP contribution in [0.15, 0.2) is 54.6 Å². The maximum absolute atomic E-state index is 12.2. The van der Waals surface area contributed by atoms with Crippen molar-refractivity contribution in [1.29, 1.82) is 5.41 Å². The number of anilines is 2. The second-order valence-electron chi connectivity index (χ2n) is 9.16. The summed E-state index contributed by atoms with van der Waals surface area (Å²) >= 11 is 5.80. The van der Waals surface area contributed by atoms with Crippen molar-refractivity contribution >= 4 is 35.1 Å². The summed E-state index contributed by atoms with van der Waals surface area (Å²) < 4.78 is 11.6. The quantitative estimate of drug-likeness (QED) is 0.105. The van der Waals surface area contributed by atoms with Crippen LogP contribution < -0.4 is 31.6 Å². The molecule has 0 spiro atoms. The molecule has 11 nitrogen and oxygen atoms in total. The van der Waals surface area contributed by atoms with Gasteiger partial charge in [0, 0.05) is 19.6 Å². The Morgan fingerprint density at radius 2 is 1.62 bits per heavy atom. The van der Waals surface area contributed by atoms with Crippen LogP contribution in [0.25, 0.3) is 0 Å². The summed E-state index contributed by atoms with van der Waals surface area (Å²) in [7, 11) is 2.08. The number of aryl methyl sites for hydroxylation is 1. The van der Waals surface area contributed by atoms with E-state index in [4.69, 9.17) is 38.0 Å².